The molecule has 5 rings (SSSR count). The van der Waals surface area contributed by atoms with Crippen LogP contribution in [0.5, 0.6) is 0 Å². The molecule has 1 aliphatic carbocycles. The molecule has 1 aromatic carbocycles. The third kappa shape index (κ3) is 3.12. The summed E-state index contributed by atoms with van der Waals surface area (Å²) in [6.07, 6.45) is 9.50. The number of anilines is 1. The Morgan fingerprint density at radius 1 is 1.03 bits per heavy atom. The molecule has 0 radical (unpaired) electrons. The molecular weight excluding hydrogens is 364 g/mol. The van der Waals surface area contributed by atoms with Crippen molar-refractivity contribution in [3.8, 4) is 0 Å². The molecule has 0 spiro atoms. The molecule has 3 heterocycles. The lowest BCUT2D eigenvalue weighted by atomic mass is 9.62. The van der Waals surface area contributed by atoms with E-state index < -0.39 is 11.9 Å². The fourth-order valence-electron chi connectivity index (χ4n) is 6.02. The third-order valence-electron chi connectivity index (χ3n) is 7.86. The first kappa shape index (κ1) is 18.9. The van der Waals surface area contributed by atoms with Crippen molar-refractivity contribution in [2.24, 2.45) is 5.73 Å². The molecule has 3 saturated heterocycles. The van der Waals surface area contributed by atoms with Gasteiger partial charge in [0, 0.05) is 12.2 Å². The molecular formula is C23H32N4O2. The summed E-state index contributed by atoms with van der Waals surface area (Å²) in [6.45, 7) is 4.41. The summed E-state index contributed by atoms with van der Waals surface area (Å²) in [5.41, 5.74) is 8.18. The summed E-state index contributed by atoms with van der Waals surface area (Å²) >= 11 is 0. The molecule has 1 saturated carbocycles. The average molecular weight is 397 g/mol. The molecule has 1 aromatic rings. The van der Waals surface area contributed by atoms with Gasteiger partial charge < -0.3 is 15.5 Å². The van der Waals surface area contributed by atoms with Crippen LogP contribution in [0.25, 0.3) is 0 Å². The molecule has 4 aliphatic rings. The van der Waals surface area contributed by atoms with E-state index in [1.54, 1.807) is 4.90 Å². The first-order valence-electron chi connectivity index (χ1n) is 11.3. The van der Waals surface area contributed by atoms with Gasteiger partial charge in [-0.05, 0) is 87.7 Å². The zero-order valence-electron chi connectivity index (χ0n) is 17.2. The highest BCUT2D eigenvalue weighted by atomic mass is 16.2. The van der Waals surface area contributed by atoms with E-state index in [-0.39, 0.29) is 12.1 Å². The molecule has 6 heteroatoms. The summed E-state index contributed by atoms with van der Waals surface area (Å²) in [6, 6.07) is 7.74. The molecule has 0 bridgehead atoms. The number of urea groups is 1. The highest BCUT2D eigenvalue weighted by molar-refractivity contribution is 6.03. The quantitative estimate of drug-likeness (QED) is 0.804. The smallest absolute Gasteiger partial charge is 0.325 e. The molecule has 156 valence electrons. The van der Waals surface area contributed by atoms with E-state index in [0.29, 0.717) is 5.41 Å². The minimum absolute atomic E-state index is 0.0712. The van der Waals surface area contributed by atoms with Crippen molar-refractivity contribution in [3.05, 3.63) is 29.8 Å². The van der Waals surface area contributed by atoms with Crippen molar-refractivity contribution < 1.29 is 9.59 Å². The van der Waals surface area contributed by atoms with E-state index >= 15 is 0 Å². The summed E-state index contributed by atoms with van der Waals surface area (Å²) in [7, 11) is 0. The number of nitrogens with two attached hydrogens (primary N) is 1. The standard InChI is InChI=1S/C23H32N4O2/c24-21(28)20-19-5-3-15-26(19)22(29)27(20)18-8-6-17(7-9-18)23(10-4-11-23)12-16-25-13-1-2-14-25/h6-9,19-20H,1-5,10-16H2,(H2,24,28)/t19-,20?/m1/s1. The van der Waals surface area contributed by atoms with Crippen LogP contribution in [0.2, 0.25) is 0 Å². The SMILES string of the molecule is NC(=O)C1[C@H]2CCCN2C(=O)N1c1ccc(C2(CCN3CCCC3)CCC2)cc1. The normalized spacial score (nSPS) is 28.6. The van der Waals surface area contributed by atoms with Gasteiger partial charge in [0.25, 0.3) is 0 Å². The number of carbonyl (C=O) groups is 2. The highest BCUT2D eigenvalue weighted by Crippen LogP contribution is 2.47. The van der Waals surface area contributed by atoms with Gasteiger partial charge in [-0.1, -0.05) is 18.6 Å². The predicted octanol–water partition coefficient (Wildman–Crippen LogP) is 2.85. The topological polar surface area (TPSA) is 69.9 Å². The second-order valence-electron chi connectivity index (χ2n) is 9.38. The monoisotopic (exact) mass is 396 g/mol. The van der Waals surface area contributed by atoms with Crippen molar-refractivity contribution >= 4 is 17.6 Å². The Labute approximate surface area is 173 Å². The van der Waals surface area contributed by atoms with Gasteiger partial charge in [0.15, 0.2) is 0 Å². The van der Waals surface area contributed by atoms with Crippen LogP contribution in [-0.2, 0) is 10.2 Å². The number of rotatable bonds is 6. The molecule has 2 atom stereocenters. The second-order valence-corrected chi connectivity index (χ2v) is 9.38. The lowest BCUT2D eigenvalue weighted by Gasteiger charge is -2.43. The van der Waals surface area contributed by atoms with Gasteiger partial charge in [-0.25, -0.2) is 4.79 Å². The Hall–Kier alpha value is -2.08. The van der Waals surface area contributed by atoms with Crippen LogP contribution in [0.3, 0.4) is 0 Å². The van der Waals surface area contributed by atoms with E-state index in [9.17, 15) is 9.59 Å². The van der Waals surface area contributed by atoms with Gasteiger partial charge in [-0.15, -0.1) is 0 Å². The number of fused-ring (bicyclic) bond motifs is 1. The molecule has 29 heavy (non-hydrogen) atoms. The first-order valence-corrected chi connectivity index (χ1v) is 11.3. The van der Waals surface area contributed by atoms with Crippen molar-refractivity contribution in [1.82, 2.24) is 9.80 Å². The van der Waals surface area contributed by atoms with Crippen LogP contribution in [0, 0.1) is 0 Å². The van der Waals surface area contributed by atoms with E-state index in [0.717, 1.165) is 25.1 Å². The molecule has 3 aliphatic heterocycles. The summed E-state index contributed by atoms with van der Waals surface area (Å²) in [5.74, 6) is -0.405. The van der Waals surface area contributed by atoms with Crippen LogP contribution in [0.1, 0.15) is 56.9 Å². The predicted molar refractivity (Wildman–Crippen MR) is 113 cm³/mol. The minimum atomic E-state index is -0.552. The van der Waals surface area contributed by atoms with Gasteiger partial charge in [-0.3, -0.25) is 9.69 Å². The Bertz CT molecular complexity index is 783. The summed E-state index contributed by atoms with van der Waals surface area (Å²) in [4.78, 5) is 31.2. The molecule has 0 aromatic heterocycles. The Morgan fingerprint density at radius 2 is 1.76 bits per heavy atom. The Morgan fingerprint density at radius 3 is 2.38 bits per heavy atom. The van der Waals surface area contributed by atoms with Crippen LogP contribution in [-0.4, -0.2) is 60.0 Å². The number of hydrogen-bond acceptors (Lipinski definition) is 3. The van der Waals surface area contributed by atoms with Crippen LogP contribution < -0.4 is 10.6 Å². The fourth-order valence-corrected chi connectivity index (χ4v) is 6.02. The van der Waals surface area contributed by atoms with E-state index in [4.69, 9.17) is 5.73 Å². The van der Waals surface area contributed by atoms with E-state index in [2.05, 4.69) is 17.0 Å². The van der Waals surface area contributed by atoms with Crippen molar-refractivity contribution in [2.45, 2.75) is 68.9 Å². The Balaban J connectivity index is 1.35. The summed E-state index contributed by atoms with van der Waals surface area (Å²) in [5, 5.41) is 0. The maximum Gasteiger partial charge on any atom is 0.325 e. The molecule has 2 N–H and O–H groups in total. The lowest BCUT2D eigenvalue weighted by Crippen LogP contribution is -2.46. The maximum atomic E-state index is 12.9. The number of nitrogens with zero attached hydrogens (tertiary/aromatic N) is 3. The van der Waals surface area contributed by atoms with Crippen molar-refractivity contribution in [1.29, 1.82) is 0 Å². The highest BCUT2D eigenvalue weighted by Gasteiger charge is 2.51. The lowest BCUT2D eigenvalue weighted by molar-refractivity contribution is -0.119. The van der Waals surface area contributed by atoms with Gasteiger partial charge in [0.1, 0.15) is 6.04 Å². The van der Waals surface area contributed by atoms with Gasteiger partial charge in [-0.2, -0.15) is 0 Å². The zero-order valence-corrected chi connectivity index (χ0v) is 17.2. The summed E-state index contributed by atoms with van der Waals surface area (Å²) < 4.78 is 0. The average Bonchev–Trinajstić information content (AvgIpc) is 3.40. The largest absolute Gasteiger partial charge is 0.368 e. The molecule has 6 nitrogen and oxygen atoms in total. The Kier molecular flexibility index (Phi) is 4.77. The number of hydrogen-bond donors (Lipinski definition) is 1. The van der Waals surface area contributed by atoms with E-state index in [1.807, 2.05) is 17.0 Å². The van der Waals surface area contributed by atoms with Crippen LogP contribution >= 0.6 is 0 Å². The molecule has 1 unspecified atom stereocenters. The van der Waals surface area contributed by atoms with Crippen molar-refractivity contribution in [2.75, 3.05) is 31.1 Å². The first-order chi connectivity index (χ1) is 14.1. The number of benzene rings is 1. The fraction of sp³-hybridized carbons (Fsp3) is 0.652. The van der Waals surface area contributed by atoms with Gasteiger partial charge in [0.2, 0.25) is 5.91 Å². The van der Waals surface area contributed by atoms with Crippen LogP contribution in [0.15, 0.2) is 24.3 Å². The van der Waals surface area contributed by atoms with Crippen LogP contribution in [0.4, 0.5) is 10.5 Å². The van der Waals surface area contributed by atoms with Gasteiger partial charge >= 0.3 is 6.03 Å². The van der Waals surface area contributed by atoms with E-state index in [1.165, 1.54) is 63.7 Å². The number of carbonyl (C=O) groups excluding carboxylic acids is 2. The van der Waals surface area contributed by atoms with Crippen molar-refractivity contribution in [3.63, 3.8) is 0 Å². The maximum absolute atomic E-state index is 12.9. The zero-order chi connectivity index (χ0) is 20.0. The number of primary amides is 1. The molecule has 3 amide bonds. The number of amides is 3. The third-order valence-corrected chi connectivity index (χ3v) is 7.86. The second kappa shape index (κ2) is 7.31. The van der Waals surface area contributed by atoms with Gasteiger partial charge in [0.05, 0.1) is 6.04 Å². The minimum Gasteiger partial charge on any atom is -0.368 e. The molecule has 4 fully saturated rings. The number of likely N-dealkylation sites (tertiary alicyclic amines) is 1.